The molecule has 2 aromatic heterocycles. The Balaban J connectivity index is 2.04. The number of hydrogen-bond acceptors (Lipinski definition) is 5. The van der Waals surface area contributed by atoms with E-state index in [9.17, 15) is 13.2 Å². The topological polar surface area (TPSA) is 78.3 Å². The van der Waals surface area contributed by atoms with Gasteiger partial charge in [-0.1, -0.05) is 24.3 Å². The molecule has 0 saturated carbocycles. The van der Waals surface area contributed by atoms with E-state index in [2.05, 4.69) is 4.98 Å². The molecule has 28 heavy (non-hydrogen) atoms. The zero-order valence-electron chi connectivity index (χ0n) is 14.9. The van der Waals surface area contributed by atoms with Crippen molar-refractivity contribution in [1.29, 1.82) is 0 Å². The molecular formula is C21H16N2O4S. The van der Waals surface area contributed by atoms with Crippen LogP contribution in [0.1, 0.15) is 10.4 Å². The van der Waals surface area contributed by atoms with E-state index >= 15 is 0 Å². The van der Waals surface area contributed by atoms with Gasteiger partial charge in [-0.25, -0.2) is 17.4 Å². The molecule has 0 amide bonds. The third kappa shape index (κ3) is 2.86. The summed E-state index contributed by atoms with van der Waals surface area (Å²) in [5.41, 5.74) is 1.76. The van der Waals surface area contributed by atoms with Crippen LogP contribution in [0.4, 0.5) is 0 Å². The highest BCUT2D eigenvalue weighted by Gasteiger charge is 2.24. The summed E-state index contributed by atoms with van der Waals surface area (Å²) in [5.74, 6) is 0.370. The molecule has 0 bridgehead atoms. The fourth-order valence-electron chi connectivity index (χ4n) is 3.12. The second kappa shape index (κ2) is 6.94. The lowest BCUT2D eigenvalue weighted by Gasteiger charge is -2.13. The van der Waals surface area contributed by atoms with Crippen molar-refractivity contribution < 1.29 is 17.9 Å². The zero-order chi connectivity index (χ0) is 19.7. The quantitative estimate of drug-likeness (QED) is 0.483. The van der Waals surface area contributed by atoms with Gasteiger partial charge in [0, 0.05) is 17.1 Å². The van der Waals surface area contributed by atoms with Gasteiger partial charge in [0.05, 0.1) is 23.3 Å². The van der Waals surface area contributed by atoms with E-state index in [0.717, 1.165) is 0 Å². The first-order chi connectivity index (χ1) is 13.6. The Bertz CT molecular complexity index is 1280. The molecule has 0 aliphatic heterocycles. The highest BCUT2D eigenvalue weighted by molar-refractivity contribution is 7.90. The highest BCUT2D eigenvalue weighted by atomic mass is 32.2. The van der Waals surface area contributed by atoms with Crippen LogP contribution < -0.4 is 4.74 Å². The summed E-state index contributed by atoms with van der Waals surface area (Å²) in [6.45, 7) is 0. The Morgan fingerprint density at radius 2 is 1.79 bits per heavy atom. The van der Waals surface area contributed by atoms with Crippen LogP contribution in [0.2, 0.25) is 0 Å². The van der Waals surface area contributed by atoms with Crippen molar-refractivity contribution in [1.82, 2.24) is 8.96 Å². The molecule has 0 atom stereocenters. The highest BCUT2D eigenvalue weighted by Crippen LogP contribution is 2.33. The molecule has 2 heterocycles. The van der Waals surface area contributed by atoms with Crippen molar-refractivity contribution in [3.63, 3.8) is 0 Å². The van der Waals surface area contributed by atoms with E-state index in [-0.39, 0.29) is 4.90 Å². The van der Waals surface area contributed by atoms with Crippen LogP contribution in [-0.4, -0.2) is 30.8 Å². The lowest BCUT2D eigenvalue weighted by Crippen LogP contribution is -2.14. The number of benzene rings is 2. The number of nitrogens with zero attached hydrogens (tertiary/aromatic N) is 2. The summed E-state index contributed by atoms with van der Waals surface area (Å²) in [7, 11) is -2.43. The van der Waals surface area contributed by atoms with Gasteiger partial charge in [-0.3, -0.25) is 4.79 Å². The number of aldehydes is 1. The second-order valence-electron chi connectivity index (χ2n) is 6.10. The SMILES string of the molecule is COc1cc(-c2cc3cccnc3n2S(=O)(=O)c2ccccc2)ccc1C=O. The van der Waals surface area contributed by atoms with Gasteiger partial charge in [0.15, 0.2) is 11.9 Å². The lowest BCUT2D eigenvalue weighted by atomic mass is 10.1. The van der Waals surface area contributed by atoms with E-state index in [1.165, 1.54) is 11.1 Å². The smallest absolute Gasteiger partial charge is 0.269 e. The van der Waals surface area contributed by atoms with Crippen molar-refractivity contribution in [2.75, 3.05) is 7.11 Å². The molecular weight excluding hydrogens is 376 g/mol. The molecule has 4 aromatic rings. The molecule has 6 nitrogen and oxygen atoms in total. The van der Waals surface area contributed by atoms with Crippen LogP contribution in [-0.2, 0) is 10.0 Å². The summed E-state index contributed by atoms with van der Waals surface area (Å²) >= 11 is 0. The number of carbonyl (C=O) groups is 1. The van der Waals surface area contributed by atoms with Crippen molar-refractivity contribution in [3.05, 3.63) is 78.5 Å². The van der Waals surface area contributed by atoms with Crippen LogP contribution >= 0.6 is 0 Å². The fourth-order valence-corrected chi connectivity index (χ4v) is 4.63. The first-order valence-electron chi connectivity index (χ1n) is 8.47. The number of carbonyl (C=O) groups excluding carboxylic acids is 1. The summed E-state index contributed by atoms with van der Waals surface area (Å²) in [6.07, 6.45) is 2.25. The largest absolute Gasteiger partial charge is 0.496 e. The molecule has 140 valence electrons. The lowest BCUT2D eigenvalue weighted by molar-refractivity contribution is 0.112. The number of rotatable bonds is 5. The minimum absolute atomic E-state index is 0.163. The van der Waals surface area contributed by atoms with Gasteiger partial charge in [-0.15, -0.1) is 0 Å². The first kappa shape index (κ1) is 17.9. The number of methoxy groups -OCH3 is 1. The molecule has 0 unspecified atom stereocenters. The molecule has 0 aliphatic carbocycles. The van der Waals surface area contributed by atoms with Crippen LogP contribution in [0.3, 0.4) is 0 Å². The predicted molar refractivity (Wildman–Crippen MR) is 106 cm³/mol. The molecule has 0 saturated heterocycles. The summed E-state index contributed by atoms with van der Waals surface area (Å²) in [5, 5.41) is 0.690. The zero-order valence-corrected chi connectivity index (χ0v) is 15.8. The predicted octanol–water partition coefficient (Wildman–Crippen LogP) is 3.76. The molecule has 2 aromatic carbocycles. The molecule has 0 spiro atoms. The maximum Gasteiger partial charge on any atom is 0.269 e. The van der Waals surface area contributed by atoms with Gasteiger partial charge in [-0.2, -0.15) is 0 Å². The molecule has 0 fully saturated rings. The molecule has 7 heteroatoms. The summed E-state index contributed by atoms with van der Waals surface area (Å²) in [4.78, 5) is 15.6. The molecule has 0 radical (unpaired) electrons. The van der Waals surface area contributed by atoms with E-state index in [4.69, 9.17) is 4.74 Å². The van der Waals surface area contributed by atoms with Crippen molar-refractivity contribution >= 4 is 27.3 Å². The molecule has 4 rings (SSSR count). The normalized spacial score (nSPS) is 11.5. The van der Waals surface area contributed by atoms with Gasteiger partial charge in [-0.05, 0) is 42.5 Å². The Kier molecular flexibility index (Phi) is 4.44. The van der Waals surface area contributed by atoms with Crippen LogP contribution in [0, 0.1) is 0 Å². The Morgan fingerprint density at radius 1 is 1.00 bits per heavy atom. The monoisotopic (exact) mass is 392 g/mol. The molecule has 0 N–H and O–H groups in total. The van der Waals surface area contributed by atoms with Crippen LogP contribution in [0.5, 0.6) is 5.75 Å². The average Bonchev–Trinajstić information content (AvgIpc) is 3.14. The summed E-state index contributed by atoms with van der Waals surface area (Å²) < 4.78 is 33.3. The third-order valence-corrected chi connectivity index (χ3v) is 6.18. The maximum atomic E-state index is 13.4. The average molecular weight is 392 g/mol. The Labute approximate surface area is 162 Å². The Morgan fingerprint density at radius 3 is 2.50 bits per heavy atom. The van der Waals surface area contributed by atoms with E-state index in [1.54, 1.807) is 72.9 Å². The van der Waals surface area contributed by atoms with Crippen LogP contribution in [0.25, 0.3) is 22.3 Å². The van der Waals surface area contributed by atoms with Gasteiger partial charge < -0.3 is 4.74 Å². The van der Waals surface area contributed by atoms with E-state index in [0.29, 0.717) is 39.9 Å². The Hall–Kier alpha value is -3.45. The minimum Gasteiger partial charge on any atom is -0.496 e. The number of ether oxygens (including phenoxy) is 1. The molecule has 0 aliphatic rings. The van der Waals surface area contributed by atoms with E-state index < -0.39 is 10.0 Å². The van der Waals surface area contributed by atoms with Crippen molar-refractivity contribution in [3.8, 4) is 17.0 Å². The van der Waals surface area contributed by atoms with Gasteiger partial charge >= 0.3 is 0 Å². The van der Waals surface area contributed by atoms with E-state index in [1.807, 2.05) is 0 Å². The minimum atomic E-state index is -3.89. The van der Waals surface area contributed by atoms with Gasteiger partial charge in [0.2, 0.25) is 0 Å². The van der Waals surface area contributed by atoms with Crippen molar-refractivity contribution in [2.24, 2.45) is 0 Å². The van der Waals surface area contributed by atoms with Gasteiger partial charge in [0.1, 0.15) is 5.75 Å². The first-order valence-corrected chi connectivity index (χ1v) is 9.91. The second-order valence-corrected chi connectivity index (χ2v) is 7.89. The number of hydrogen-bond donors (Lipinski definition) is 0. The number of pyridine rings is 1. The number of aromatic nitrogens is 2. The maximum absolute atomic E-state index is 13.4. The fraction of sp³-hybridized carbons (Fsp3) is 0.0476. The number of fused-ring (bicyclic) bond motifs is 1. The standard InChI is InChI=1S/C21H16N2O4S/c1-27-20-13-15(9-10-17(20)14-24)19-12-16-6-5-11-22-21(16)23(19)28(25,26)18-7-3-2-4-8-18/h2-14H,1H3. The van der Waals surface area contributed by atoms with Crippen LogP contribution in [0.15, 0.2) is 77.8 Å². The van der Waals surface area contributed by atoms with Crippen molar-refractivity contribution in [2.45, 2.75) is 4.90 Å². The third-order valence-electron chi connectivity index (χ3n) is 4.46. The van der Waals surface area contributed by atoms with Gasteiger partial charge in [0.25, 0.3) is 10.0 Å². The summed E-state index contributed by atoms with van der Waals surface area (Å²) in [6, 6.07) is 18.5.